The molecule has 1 heterocycles. The smallest absolute Gasteiger partial charge is 0.480 e. The van der Waals surface area contributed by atoms with Crippen molar-refractivity contribution in [2.45, 2.75) is 12.5 Å². The minimum absolute atomic E-state index is 0. The van der Waals surface area contributed by atoms with E-state index in [-0.39, 0.29) is 29.6 Å². The maximum Gasteiger partial charge on any atom is 1.00 e. The number of amides is 1. The van der Waals surface area contributed by atoms with Crippen LogP contribution >= 0.6 is 0 Å². The SMILES string of the molecule is N[C@@H](Cc1c[nH]c2ccccc12)C(=O)NCC(=O)O.O=N[O-].[Na+]. The number of carboxylic acids is 1. The van der Waals surface area contributed by atoms with Crippen LogP contribution in [-0.4, -0.2) is 34.6 Å². The van der Waals surface area contributed by atoms with Gasteiger partial charge in [-0.2, -0.15) is 0 Å². The van der Waals surface area contributed by atoms with Crippen molar-refractivity contribution in [3.05, 3.63) is 46.1 Å². The quantitative estimate of drug-likeness (QED) is 0.269. The molecule has 0 bridgehead atoms. The Bertz CT molecular complexity index is 661. The Morgan fingerprint density at radius 1 is 1.39 bits per heavy atom. The molecule has 0 radical (unpaired) electrons. The van der Waals surface area contributed by atoms with Crippen molar-refractivity contribution in [2.75, 3.05) is 6.54 Å². The van der Waals surface area contributed by atoms with Crippen molar-refractivity contribution in [1.29, 1.82) is 0 Å². The van der Waals surface area contributed by atoms with Gasteiger partial charge in [0.15, 0.2) is 0 Å². The van der Waals surface area contributed by atoms with Gasteiger partial charge in [0.2, 0.25) is 5.91 Å². The number of carboxylic acid groups (broad SMARTS) is 1. The van der Waals surface area contributed by atoms with Crippen molar-refractivity contribution >= 4 is 22.8 Å². The molecule has 0 spiro atoms. The summed E-state index contributed by atoms with van der Waals surface area (Å²) in [5.41, 5.74) is 7.69. The standard InChI is InChI=1S/C13H15N3O3.HNO2.Na/c14-10(13(19)16-7-12(17)18)5-8-6-15-11-4-2-1-3-9(8)11;2-1-3;/h1-4,6,10,15H,5,7,14H2,(H,16,19)(H,17,18);(H,2,3);/q;;+1/p-1/t10-;;/m0../s1. The molecule has 0 aliphatic heterocycles. The first-order valence-electron chi connectivity index (χ1n) is 6.24. The van der Waals surface area contributed by atoms with E-state index in [9.17, 15) is 9.59 Å². The number of aromatic nitrogens is 1. The fourth-order valence-corrected chi connectivity index (χ4v) is 1.92. The van der Waals surface area contributed by atoms with E-state index in [1.165, 1.54) is 0 Å². The fraction of sp³-hybridized carbons (Fsp3) is 0.231. The summed E-state index contributed by atoms with van der Waals surface area (Å²) in [5, 5.41) is 20.8. The predicted octanol–water partition coefficient (Wildman–Crippen LogP) is -2.51. The number of carbonyl (C=O) groups excluding carboxylic acids is 1. The number of nitrogens with two attached hydrogens (primary N) is 1. The third kappa shape index (κ3) is 6.78. The molecule has 0 saturated heterocycles. The molecule has 2 rings (SSSR count). The molecule has 0 fully saturated rings. The van der Waals surface area contributed by atoms with Gasteiger partial charge in [-0.1, -0.05) is 18.2 Å². The molecule has 10 heteroatoms. The van der Waals surface area contributed by atoms with Crippen LogP contribution in [0.15, 0.2) is 35.8 Å². The first kappa shape index (κ1) is 21.1. The molecule has 0 aliphatic carbocycles. The largest absolute Gasteiger partial charge is 1.00 e. The number of benzene rings is 1. The maximum absolute atomic E-state index is 11.6. The van der Waals surface area contributed by atoms with Crippen LogP contribution in [0.2, 0.25) is 0 Å². The Kier molecular flexibility index (Phi) is 9.83. The molecule has 1 aromatic carbocycles. The van der Waals surface area contributed by atoms with E-state index in [1.807, 2.05) is 30.5 Å². The fourth-order valence-electron chi connectivity index (χ4n) is 1.92. The number of carbonyl (C=O) groups is 2. The third-order valence-corrected chi connectivity index (χ3v) is 2.87. The molecule has 23 heavy (non-hydrogen) atoms. The first-order valence-corrected chi connectivity index (χ1v) is 6.24. The minimum atomic E-state index is -1.09. The molecule has 0 saturated carbocycles. The first-order chi connectivity index (χ1) is 10.5. The molecule has 9 nitrogen and oxygen atoms in total. The van der Waals surface area contributed by atoms with Gasteiger partial charge in [-0.15, -0.1) is 5.34 Å². The second-order valence-electron chi connectivity index (χ2n) is 4.36. The number of aromatic amines is 1. The number of rotatable bonds is 5. The Hall–Kier alpha value is -1.94. The average molecular weight is 330 g/mol. The molecule has 0 aliphatic rings. The van der Waals surface area contributed by atoms with E-state index in [0.717, 1.165) is 21.8 Å². The van der Waals surface area contributed by atoms with Crippen molar-refractivity contribution < 1.29 is 44.3 Å². The molecule has 1 atom stereocenters. The maximum atomic E-state index is 11.6. The van der Waals surface area contributed by atoms with Gasteiger partial charge in [-0.25, -0.2) is 0 Å². The van der Waals surface area contributed by atoms with Crippen LogP contribution in [0, 0.1) is 10.1 Å². The van der Waals surface area contributed by atoms with Crippen LogP contribution in [0.25, 0.3) is 10.9 Å². The number of H-pyrrole nitrogens is 1. The van der Waals surface area contributed by atoms with Gasteiger partial charge in [-0.05, 0) is 18.1 Å². The summed E-state index contributed by atoms with van der Waals surface area (Å²) in [7, 11) is 0. The summed E-state index contributed by atoms with van der Waals surface area (Å²) in [6.45, 7) is -0.416. The Morgan fingerprint density at radius 2 is 2.00 bits per heavy atom. The van der Waals surface area contributed by atoms with E-state index in [0.29, 0.717) is 6.42 Å². The number of hydrogen-bond donors (Lipinski definition) is 4. The van der Waals surface area contributed by atoms with Gasteiger partial charge >= 0.3 is 35.5 Å². The van der Waals surface area contributed by atoms with Gasteiger partial charge < -0.3 is 31.3 Å². The molecule has 1 aromatic heterocycles. The number of hydrogen-bond acceptors (Lipinski definition) is 6. The summed E-state index contributed by atoms with van der Waals surface area (Å²) >= 11 is 0. The Balaban J connectivity index is 0.00000112. The summed E-state index contributed by atoms with van der Waals surface area (Å²) < 4.78 is 0. The summed E-state index contributed by atoms with van der Waals surface area (Å²) in [6, 6.07) is 6.95. The van der Waals surface area contributed by atoms with Crippen molar-refractivity contribution in [2.24, 2.45) is 11.1 Å². The Labute approximate surface area is 153 Å². The Morgan fingerprint density at radius 3 is 2.61 bits per heavy atom. The van der Waals surface area contributed by atoms with E-state index in [1.54, 1.807) is 0 Å². The van der Waals surface area contributed by atoms with Gasteiger partial charge in [0, 0.05) is 17.1 Å². The zero-order valence-corrected chi connectivity index (χ0v) is 14.5. The molecule has 5 N–H and O–H groups in total. The molecule has 0 unspecified atom stereocenters. The second kappa shape index (κ2) is 10.7. The van der Waals surface area contributed by atoms with Gasteiger partial charge in [-0.3, -0.25) is 9.59 Å². The summed E-state index contributed by atoms with van der Waals surface area (Å²) in [5.74, 6) is -1.56. The van der Waals surface area contributed by atoms with Crippen LogP contribution in [0.5, 0.6) is 0 Å². The van der Waals surface area contributed by atoms with Crippen LogP contribution in [0.1, 0.15) is 5.56 Å². The zero-order chi connectivity index (χ0) is 16.5. The van der Waals surface area contributed by atoms with Gasteiger partial charge in [0.05, 0.1) is 6.04 Å². The van der Waals surface area contributed by atoms with E-state index < -0.39 is 24.5 Å². The molecular weight excluding hydrogens is 315 g/mol. The molecule has 1 amide bonds. The van der Waals surface area contributed by atoms with E-state index in [4.69, 9.17) is 21.0 Å². The second-order valence-corrected chi connectivity index (χ2v) is 4.36. The number of nitrogens with zero attached hydrogens (tertiary/aromatic N) is 1. The number of nitrogens with one attached hydrogen (secondary N) is 2. The van der Waals surface area contributed by atoms with Crippen LogP contribution in [0.3, 0.4) is 0 Å². The zero-order valence-electron chi connectivity index (χ0n) is 12.5. The van der Waals surface area contributed by atoms with E-state index >= 15 is 0 Å². The average Bonchev–Trinajstić information content (AvgIpc) is 2.89. The minimum Gasteiger partial charge on any atom is -0.480 e. The third-order valence-electron chi connectivity index (χ3n) is 2.87. The van der Waals surface area contributed by atoms with Crippen molar-refractivity contribution in [3.63, 3.8) is 0 Å². The molecular formula is C13H15N4NaO5. The summed E-state index contributed by atoms with van der Waals surface area (Å²) in [4.78, 5) is 33.1. The summed E-state index contributed by atoms with van der Waals surface area (Å²) in [6.07, 6.45) is 2.17. The van der Waals surface area contributed by atoms with Crippen LogP contribution in [0.4, 0.5) is 0 Å². The number of para-hydroxylation sites is 1. The van der Waals surface area contributed by atoms with Crippen LogP contribution in [-0.2, 0) is 16.0 Å². The molecule has 2 aromatic rings. The number of fused-ring (bicyclic) bond motifs is 1. The van der Waals surface area contributed by atoms with Gasteiger partial charge in [0.25, 0.3) is 0 Å². The van der Waals surface area contributed by atoms with Crippen molar-refractivity contribution in [3.8, 4) is 0 Å². The predicted molar refractivity (Wildman–Crippen MR) is 79.8 cm³/mol. The van der Waals surface area contributed by atoms with Gasteiger partial charge in [0.1, 0.15) is 6.54 Å². The topological polar surface area (TPSA) is 161 Å². The van der Waals surface area contributed by atoms with Crippen molar-refractivity contribution in [1.82, 2.24) is 10.3 Å². The monoisotopic (exact) mass is 330 g/mol. The van der Waals surface area contributed by atoms with E-state index in [2.05, 4.69) is 10.3 Å². The number of aliphatic carboxylic acids is 1. The van der Waals surface area contributed by atoms with Crippen LogP contribution < -0.4 is 40.6 Å². The normalized spacial score (nSPS) is 10.7. The molecule has 118 valence electrons.